The van der Waals surface area contributed by atoms with Crippen LogP contribution in [0.1, 0.15) is 47.5 Å². The maximum absolute atomic E-state index is 15.1. The van der Waals surface area contributed by atoms with Crippen LogP contribution in [-0.2, 0) is 11.3 Å². The Labute approximate surface area is 171 Å². The normalized spacial score (nSPS) is 20.9. The minimum atomic E-state index is -1.07. The van der Waals surface area contributed by atoms with E-state index in [4.69, 9.17) is 0 Å². The van der Waals surface area contributed by atoms with Crippen LogP contribution < -0.4 is 5.32 Å². The van der Waals surface area contributed by atoms with Gasteiger partial charge in [-0.3, -0.25) is 4.79 Å². The number of benzene rings is 2. The van der Waals surface area contributed by atoms with E-state index in [0.717, 1.165) is 23.8 Å². The van der Waals surface area contributed by atoms with Crippen LogP contribution >= 0.6 is 0 Å². The SMILES string of the molecule is O=C1Cn2c(c([C@H]3CCCC[C@@H]3F)c3ccc(C(=O)O)cc32)-c2ccc(F)cc2N1. The summed E-state index contributed by atoms with van der Waals surface area (Å²) in [6.07, 6.45) is 1.85. The van der Waals surface area contributed by atoms with Gasteiger partial charge in [0.15, 0.2) is 0 Å². The van der Waals surface area contributed by atoms with Crippen molar-refractivity contribution >= 4 is 28.5 Å². The van der Waals surface area contributed by atoms with E-state index < -0.39 is 18.0 Å². The number of carboxylic acid groups (broad SMARTS) is 1. The number of nitrogens with zero attached hydrogens (tertiary/aromatic N) is 1. The van der Waals surface area contributed by atoms with Gasteiger partial charge in [-0.1, -0.05) is 18.9 Å². The third kappa shape index (κ3) is 2.88. The lowest BCUT2D eigenvalue weighted by Gasteiger charge is -2.27. The lowest BCUT2D eigenvalue weighted by Crippen LogP contribution is -2.19. The fourth-order valence-corrected chi connectivity index (χ4v) is 4.91. The van der Waals surface area contributed by atoms with Gasteiger partial charge in [0.2, 0.25) is 5.91 Å². The Hall–Kier alpha value is -3.22. The molecule has 154 valence electrons. The van der Waals surface area contributed by atoms with Gasteiger partial charge < -0.3 is 15.0 Å². The van der Waals surface area contributed by atoms with Crippen molar-refractivity contribution in [2.45, 2.75) is 44.3 Å². The first-order valence-electron chi connectivity index (χ1n) is 10.1. The van der Waals surface area contributed by atoms with E-state index in [2.05, 4.69) is 5.32 Å². The molecule has 0 bridgehead atoms. The molecule has 0 saturated heterocycles. The average molecular weight is 410 g/mol. The molecule has 2 aliphatic rings. The van der Waals surface area contributed by atoms with E-state index in [9.17, 15) is 19.1 Å². The molecule has 3 aromatic rings. The number of fused-ring (bicyclic) bond motifs is 5. The van der Waals surface area contributed by atoms with Crippen molar-refractivity contribution < 1.29 is 23.5 Å². The number of carbonyl (C=O) groups excluding carboxylic acids is 1. The number of rotatable bonds is 2. The van der Waals surface area contributed by atoms with Gasteiger partial charge in [0, 0.05) is 16.9 Å². The summed E-state index contributed by atoms with van der Waals surface area (Å²) in [4.78, 5) is 24.1. The Morgan fingerprint density at radius 3 is 2.70 bits per heavy atom. The molecule has 30 heavy (non-hydrogen) atoms. The number of halogens is 2. The highest BCUT2D eigenvalue weighted by Crippen LogP contribution is 2.47. The Kier molecular flexibility index (Phi) is 4.34. The van der Waals surface area contributed by atoms with Crippen LogP contribution in [0, 0.1) is 5.82 Å². The first-order valence-corrected chi connectivity index (χ1v) is 10.1. The van der Waals surface area contributed by atoms with Crippen molar-refractivity contribution in [1.29, 1.82) is 0 Å². The van der Waals surface area contributed by atoms with E-state index in [1.807, 2.05) is 0 Å². The molecule has 1 amide bonds. The minimum absolute atomic E-state index is 0.0606. The Morgan fingerprint density at radius 2 is 1.93 bits per heavy atom. The van der Waals surface area contributed by atoms with E-state index in [-0.39, 0.29) is 23.9 Å². The summed E-state index contributed by atoms with van der Waals surface area (Å²) in [7, 11) is 0. The van der Waals surface area contributed by atoms with Gasteiger partial charge in [-0.2, -0.15) is 0 Å². The molecule has 1 saturated carbocycles. The molecule has 2 heterocycles. The zero-order chi connectivity index (χ0) is 21.0. The third-order valence-electron chi connectivity index (χ3n) is 6.22. The van der Waals surface area contributed by atoms with Crippen molar-refractivity contribution in [2.24, 2.45) is 0 Å². The maximum atomic E-state index is 15.1. The number of hydrogen-bond donors (Lipinski definition) is 2. The second-order valence-corrected chi connectivity index (χ2v) is 8.03. The molecule has 2 atom stereocenters. The smallest absolute Gasteiger partial charge is 0.335 e. The molecule has 2 aromatic carbocycles. The second kappa shape index (κ2) is 6.93. The van der Waals surface area contributed by atoms with Gasteiger partial charge in [0.25, 0.3) is 0 Å². The third-order valence-corrected chi connectivity index (χ3v) is 6.22. The molecule has 2 N–H and O–H groups in total. The van der Waals surface area contributed by atoms with Gasteiger partial charge in [-0.05, 0) is 48.7 Å². The number of aromatic nitrogens is 1. The minimum Gasteiger partial charge on any atom is -0.478 e. The van der Waals surface area contributed by atoms with Crippen molar-refractivity contribution in [3.63, 3.8) is 0 Å². The molecule has 0 spiro atoms. The lowest BCUT2D eigenvalue weighted by atomic mass is 9.80. The summed E-state index contributed by atoms with van der Waals surface area (Å²) in [6, 6.07) is 8.93. The van der Waals surface area contributed by atoms with Crippen LogP contribution in [0.5, 0.6) is 0 Å². The summed E-state index contributed by atoms with van der Waals surface area (Å²) in [6.45, 7) is -0.0606. The van der Waals surface area contributed by atoms with Crippen LogP contribution in [0.2, 0.25) is 0 Å². The summed E-state index contributed by atoms with van der Waals surface area (Å²) >= 11 is 0. The van der Waals surface area contributed by atoms with E-state index >= 15 is 4.39 Å². The maximum Gasteiger partial charge on any atom is 0.335 e. The Bertz CT molecular complexity index is 1200. The largest absolute Gasteiger partial charge is 0.478 e. The summed E-state index contributed by atoms with van der Waals surface area (Å²) < 4.78 is 30.7. The first kappa shape index (κ1) is 18.8. The van der Waals surface area contributed by atoms with Crippen LogP contribution in [0.3, 0.4) is 0 Å². The summed E-state index contributed by atoms with van der Waals surface area (Å²) in [5.41, 5.74) is 3.06. The molecular formula is C23H20F2N2O3. The van der Waals surface area contributed by atoms with Gasteiger partial charge in [0.05, 0.1) is 22.5 Å². The highest BCUT2D eigenvalue weighted by molar-refractivity contribution is 6.04. The highest BCUT2D eigenvalue weighted by Gasteiger charge is 2.35. The molecule has 0 unspecified atom stereocenters. The number of nitrogens with one attached hydrogen (secondary N) is 1. The monoisotopic (exact) mass is 410 g/mol. The zero-order valence-corrected chi connectivity index (χ0v) is 16.1. The predicted molar refractivity (Wildman–Crippen MR) is 109 cm³/mol. The van der Waals surface area contributed by atoms with Crippen molar-refractivity contribution in [3.8, 4) is 11.3 Å². The van der Waals surface area contributed by atoms with Gasteiger partial charge in [-0.15, -0.1) is 0 Å². The predicted octanol–water partition coefficient (Wildman–Crippen LogP) is 5.09. The molecule has 5 rings (SSSR count). The van der Waals surface area contributed by atoms with Gasteiger partial charge in [0.1, 0.15) is 18.5 Å². The molecule has 1 aliphatic carbocycles. The summed E-state index contributed by atoms with van der Waals surface area (Å²) in [5.74, 6) is -2.26. The van der Waals surface area contributed by atoms with Gasteiger partial charge >= 0.3 is 5.97 Å². The van der Waals surface area contributed by atoms with Crippen molar-refractivity contribution in [1.82, 2.24) is 4.57 Å². The number of aromatic carboxylic acids is 1. The Balaban J connectivity index is 1.88. The van der Waals surface area contributed by atoms with E-state index in [1.165, 1.54) is 24.3 Å². The number of anilines is 1. The molecular weight excluding hydrogens is 390 g/mol. The molecule has 1 aliphatic heterocycles. The molecule has 1 aromatic heterocycles. The van der Waals surface area contributed by atoms with Crippen LogP contribution in [0.25, 0.3) is 22.2 Å². The van der Waals surface area contributed by atoms with Crippen molar-refractivity contribution in [3.05, 3.63) is 53.3 Å². The summed E-state index contributed by atoms with van der Waals surface area (Å²) in [5, 5.41) is 12.9. The van der Waals surface area contributed by atoms with Crippen LogP contribution in [-0.4, -0.2) is 27.7 Å². The molecule has 5 nitrogen and oxygen atoms in total. The van der Waals surface area contributed by atoms with Gasteiger partial charge in [-0.25, -0.2) is 13.6 Å². The number of alkyl halides is 1. The topological polar surface area (TPSA) is 71.3 Å². The second-order valence-electron chi connectivity index (χ2n) is 8.03. The Morgan fingerprint density at radius 1 is 1.13 bits per heavy atom. The van der Waals surface area contributed by atoms with Crippen LogP contribution in [0.15, 0.2) is 36.4 Å². The fraction of sp³-hybridized carbons (Fsp3) is 0.304. The standard InChI is InChI=1S/C23H20F2N2O3/c24-13-6-8-15-18(10-13)26-20(28)11-27-19-9-12(23(29)30)5-7-16(19)21(22(15)27)14-3-1-2-4-17(14)25/h5-10,14,17H,1-4,11H2,(H,26,28)(H,29,30)/t14-,17-/m0/s1. The molecule has 1 fully saturated rings. The number of hydrogen-bond acceptors (Lipinski definition) is 2. The number of carbonyl (C=O) groups is 2. The molecule has 7 heteroatoms. The zero-order valence-electron chi connectivity index (χ0n) is 16.1. The quantitative estimate of drug-likeness (QED) is 0.618. The van der Waals surface area contributed by atoms with Crippen LogP contribution in [0.4, 0.5) is 14.5 Å². The van der Waals surface area contributed by atoms with E-state index in [1.54, 1.807) is 16.7 Å². The van der Waals surface area contributed by atoms with E-state index in [0.29, 0.717) is 35.3 Å². The average Bonchev–Trinajstić information content (AvgIpc) is 2.93. The fourth-order valence-electron chi connectivity index (χ4n) is 4.91. The highest BCUT2D eigenvalue weighted by atomic mass is 19.1. The van der Waals surface area contributed by atoms with Crippen molar-refractivity contribution in [2.75, 3.05) is 5.32 Å². The first-order chi connectivity index (χ1) is 14.4. The number of amides is 1. The number of carboxylic acids is 1. The molecule has 0 radical (unpaired) electrons. The lowest BCUT2D eigenvalue weighted by molar-refractivity contribution is -0.116.